The Morgan fingerprint density at radius 3 is 1.53 bits per heavy atom. The van der Waals surface area contributed by atoms with Gasteiger partial charge in [0.15, 0.2) is 0 Å². The summed E-state index contributed by atoms with van der Waals surface area (Å²) < 4.78 is 0. The largest absolute Gasteiger partial charge is 0.507 e. The lowest BCUT2D eigenvalue weighted by molar-refractivity contribution is -0.131. The molecule has 1 N–H and O–H groups in total. The second-order valence-corrected chi connectivity index (χ2v) is 10.9. The van der Waals surface area contributed by atoms with Gasteiger partial charge in [0.25, 0.3) is 0 Å². The Labute approximate surface area is 222 Å². The van der Waals surface area contributed by atoms with Crippen molar-refractivity contribution in [2.24, 2.45) is 5.92 Å². The van der Waals surface area contributed by atoms with Crippen molar-refractivity contribution in [1.82, 2.24) is 0 Å². The van der Waals surface area contributed by atoms with Crippen LogP contribution >= 0.6 is 0 Å². The summed E-state index contributed by atoms with van der Waals surface area (Å²) in [5.74, 6) is -0.0498. The lowest BCUT2D eigenvalue weighted by atomic mass is 9.87. The summed E-state index contributed by atoms with van der Waals surface area (Å²) in [6.07, 6.45) is 21.6. The molecular weight excluding hydrogens is 444 g/mol. The van der Waals surface area contributed by atoms with Crippen LogP contribution in [0.1, 0.15) is 154 Å². The van der Waals surface area contributed by atoms with E-state index >= 15 is 0 Å². The number of ketones is 2. The van der Waals surface area contributed by atoms with Gasteiger partial charge in [-0.05, 0) is 62.1 Å². The molecule has 1 atom stereocenters. The summed E-state index contributed by atoms with van der Waals surface area (Å²) in [7, 11) is 0. The van der Waals surface area contributed by atoms with Crippen LogP contribution in [0.3, 0.4) is 0 Å². The molecule has 206 valence electrons. The second kappa shape index (κ2) is 20.4. The van der Waals surface area contributed by atoms with Crippen molar-refractivity contribution in [2.45, 2.75) is 156 Å². The molecule has 1 rings (SSSR count). The number of rotatable bonds is 23. The van der Waals surface area contributed by atoms with Crippen LogP contribution in [0, 0.1) is 5.92 Å². The average Bonchev–Trinajstić information content (AvgIpc) is 2.86. The highest BCUT2D eigenvalue weighted by molar-refractivity contribution is 6.01. The topological polar surface area (TPSA) is 54.4 Å². The standard InChI is InChI=1S/C33H56O3/c1-5-8-11-14-16-18-21-29-24-28(25-30(33(29)36)22-19-17-15-12-9-6-2)26-31(27(4)34)32(35)23-20-13-10-7-3/h24-25,31,36H,5-23,26H2,1-4H3. The summed E-state index contributed by atoms with van der Waals surface area (Å²) in [6, 6.07) is 4.15. The van der Waals surface area contributed by atoms with Crippen LogP contribution in [0.15, 0.2) is 12.1 Å². The maximum atomic E-state index is 12.9. The van der Waals surface area contributed by atoms with E-state index in [9.17, 15) is 14.7 Å². The highest BCUT2D eigenvalue weighted by atomic mass is 16.3. The second-order valence-electron chi connectivity index (χ2n) is 10.9. The molecule has 0 spiro atoms. The quantitative estimate of drug-likeness (QED) is 0.120. The Kier molecular flexibility index (Phi) is 18.4. The van der Waals surface area contributed by atoms with Crippen molar-refractivity contribution in [2.75, 3.05) is 0 Å². The van der Waals surface area contributed by atoms with Gasteiger partial charge in [-0.25, -0.2) is 0 Å². The minimum Gasteiger partial charge on any atom is -0.507 e. The summed E-state index contributed by atoms with van der Waals surface area (Å²) in [5, 5.41) is 11.1. The van der Waals surface area contributed by atoms with Gasteiger partial charge in [-0.3, -0.25) is 9.59 Å². The molecule has 0 aromatic heterocycles. The predicted molar refractivity (Wildman–Crippen MR) is 154 cm³/mol. The first-order valence-electron chi connectivity index (χ1n) is 15.3. The van der Waals surface area contributed by atoms with E-state index < -0.39 is 5.92 Å². The molecule has 0 aliphatic heterocycles. The van der Waals surface area contributed by atoms with Crippen LogP contribution in [-0.4, -0.2) is 16.7 Å². The average molecular weight is 501 g/mol. The van der Waals surface area contributed by atoms with Gasteiger partial charge in [-0.15, -0.1) is 0 Å². The Morgan fingerprint density at radius 1 is 0.667 bits per heavy atom. The maximum Gasteiger partial charge on any atom is 0.143 e. The fourth-order valence-corrected chi connectivity index (χ4v) is 5.14. The SMILES string of the molecule is CCCCCCCCc1cc(CC(C(C)=O)C(=O)CCCCCC)cc(CCCCCCCC)c1O. The van der Waals surface area contributed by atoms with Gasteiger partial charge in [-0.2, -0.15) is 0 Å². The van der Waals surface area contributed by atoms with E-state index in [1.807, 2.05) is 0 Å². The van der Waals surface area contributed by atoms with Gasteiger partial charge in [0.05, 0.1) is 5.92 Å². The first-order valence-corrected chi connectivity index (χ1v) is 15.3. The Hall–Kier alpha value is -1.64. The third-order valence-corrected chi connectivity index (χ3v) is 7.52. The van der Waals surface area contributed by atoms with Crippen LogP contribution in [0.5, 0.6) is 5.75 Å². The Bertz CT molecular complexity index is 699. The monoisotopic (exact) mass is 500 g/mol. The minimum absolute atomic E-state index is 0.0292. The van der Waals surface area contributed by atoms with Crippen molar-refractivity contribution in [3.05, 3.63) is 28.8 Å². The molecule has 3 nitrogen and oxygen atoms in total. The van der Waals surface area contributed by atoms with Crippen LogP contribution < -0.4 is 0 Å². The summed E-state index contributed by atoms with van der Waals surface area (Å²) in [5.41, 5.74) is 3.04. The van der Waals surface area contributed by atoms with Gasteiger partial charge < -0.3 is 5.11 Å². The fourth-order valence-electron chi connectivity index (χ4n) is 5.14. The summed E-state index contributed by atoms with van der Waals surface area (Å²) >= 11 is 0. The van der Waals surface area contributed by atoms with E-state index in [0.717, 1.165) is 68.1 Å². The van der Waals surface area contributed by atoms with E-state index in [0.29, 0.717) is 18.6 Å². The van der Waals surface area contributed by atoms with Crippen LogP contribution in [-0.2, 0) is 28.9 Å². The molecule has 0 saturated heterocycles. The number of hydrogen-bond acceptors (Lipinski definition) is 3. The van der Waals surface area contributed by atoms with E-state index in [-0.39, 0.29) is 11.6 Å². The van der Waals surface area contributed by atoms with Crippen LogP contribution in [0.25, 0.3) is 0 Å². The number of benzene rings is 1. The minimum atomic E-state index is -0.556. The molecule has 0 saturated carbocycles. The van der Waals surface area contributed by atoms with Crippen molar-refractivity contribution >= 4 is 11.6 Å². The van der Waals surface area contributed by atoms with E-state index in [2.05, 4.69) is 32.9 Å². The van der Waals surface area contributed by atoms with E-state index in [1.165, 1.54) is 64.2 Å². The summed E-state index contributed by atoms with van der Waals surface area (Å²) in [6.45, 7) is 8.19. The number of unbranched alkanes of at least 4 members (excludes halogenated alkanes) is 13. The molecule has 0 heterocycles. The van der Waals surface area contributed by atoms with Crippen LogP contribution in [0.4, 0.5) is 0 Å². The number of carbonyl (C=O) groups excluding carboxylic acids is 2. The number of carbonyl (C=O) groups is 2. The molecule has 1 unspecified atom stereocenters. The van der Waals surface area contributed by atoms with Crippen molar-refractivity contribution in [3.8, 4) is 5.75 Å². The van der Waals surface area contributed by atoms with Gasteiger partial charge in [0.2, 0.25) is 0 Å². The third kappa shape index (κ3) is 13.6. The first kappa shape index (κ1) is 32.4. The molecule has 0 bridgehead atoms. The van der Waals surface area contributed by atoms with Crippen molar-refractivity contribution in [3.63, 3.8) is 0 Å². The fraction of sp³-hybridized carbons (Fsp3) is 0.758. The molecular formula is C33H56O3. The number of hydrogen-bond donors (Lipinski definition) is 1. The number of phenolic OH excluding ortho intramolecular Hbond substituents is 1. The van der Waals surface area contributed by atoms with Crippen molar-refractivity contribution in [1.29, 1.82) is 0 Å². The van der Waals surface area contributed by atoms with Gasteiger partial charge in [-0.1, -0.05) is 116 Å². The first-order chi connectivity index (χ1) is 17.4. The number of Topliss-reactive ketones (excluding diaryl/α,β-unsaturated/α-hetero) is 2. The predicted octanol–water partition coefficient (Wildman–Crippen LogP) is 9.49. The smallest absolute Gasteiger partial charge is 0.143 e. The molecule has 0 aliphatic carbocycles. The number of phenols is 1. The van der Waals surface area contributed by atoms with Gasteiger partial charge in [0, 0.05) is 6.42 Å². The van der Waals surface area contributed by atoms with Gasteiger partial charge >= 0.3 is 0 Å². The number of aryl methyl sites for hydroxylation is 2. The molecule has 0 aliphatic rings. The molecule has 0 amide bonds. The highest BCUT2D eigenvalue weighted by Gasteiger charge is 2.24. The molecule has 3 heteroatoms. The maximum absolute atomic E-state index is 12.9. The zero-order valence-electron chi connectivity index (χ0n) is 24.1. The zero-order valence-corrected chi connectivity index (χ0v) is 24.1. The summed E-state index contributed by atoms with van der Waals surface area (Å²) in [4.78, 5) is 25.4. The molecule has 36 heavy (non-hydrogen) atoms. The molecule has 0 radical (unpaired) electrons. The van der Waals surface area contributed by atoms with Gasteiger partial charge in [0.1, 0.15) is 17.3 Å². The normalized spacial score (nSPS) is 12.1. The lowest BCUT2D eigenvalue weighted by Crippen LogP contribution is -2.24. The molecule has 0 fully saturated rings. The van der Waals surface area contributed by atoms with Crippen LogP contribution in [0.2, 0.25) is 0 Å². The lowest BCUT2D eigenvalue weighted by Gasteiger charge is -2.17. The third-order valence-electron chi connectivity index (χ3n) is 7.52. The van der Waals surface area contributed by atoms with E-state index in [4.69, 9.17) is 0 Å². The molecule has 1 aromatic carbocycles. The molecule has 1 aromatic rings. The Balaban J connectivity index is 2.92. The highest BCUT2D eigenvalue weighted by Crippen LogP contribution is 2.30. The van der Waals surface area contributed by atoms with E-state index in [1.54, 1.807) is 6.92 Å². The Morgan fingerprint density at radius 2 is 1.08 bits per heavy atom. The van der Waals surface area contributed by atoms with Crippen molar-refractivity contribution < 1.29 is 14.7 Å². The zero-order chi connectivity index (χ0) is 26.6. The number of aromatic hydroxyl groups is 1.